The van der Waals surface area contributed by atoms with Gasteiger partial charge in [0.1, 0.15) is 11.6 Å². The van der Waals surface area contributed by atoms with Crippen LogP contribution in [0.1, 0.15) is 5.56 Å². The molecule has 0 fully saturated rings. The third-order valence-electron chi connectivity index (χ3n) is 3.73. The minimum Gasteiger partial charge on any atom is -0.437 e. The van der Waals surface area contributed by atoms with Crippen molar-refractivity contribution in [1.82, 2.24) is 4.98 Å². The van der Waals surface area contributed by atoms with Gasteiger partial charge in [0.2, 0.25) is 5.55 Å². The average Bonchev–Trinajstić information content (AvgIpc) is 3.08. The number of nitriles is 1. The summed E-state index contributed by atoms with van der Waals surface area (Å²) in [6, 6.07) is 11.1. The highest BCUT2D eigenvalue weighted by Crippen LogP contribution is 2.32. The maximum Gasteiger partial charge on any atom is 0.260 e. The van der Waals surface area contributed by atoms with Crippen LogP contribution >= 0.6 is 11.3 Å². The molecular formula is C17H9N3O2S. The van der Waals surface area contributed by atoms with E-state index in [2.05, 4.69) is 4.98 Å². The number of aromatic amines is 1. The van der Waals surface area contributed by atoms with Crippen LogP contribution in [0, 0.1) is 16.7 Å². The molecule has 4 rings (SSSR count). The van der Waals surface area contributed by atoms with E-state index in [-0.39, 0.29) is 16.7 Å². The lowest BCUT2D eigenvalue weighted by Gasteiger charge is -2.08. The second-order valence-electron chi connectivity index (χ2n) is 5.01. The molecule has 6 heteroatoms. The first-order valence-corrected chi connectivity index (χ1v) is 7.74. The Morgan fingerprint density at radius 1 is 1.26 bits per heavy atom. The van der Waals surface area contributed by atoms with Crippen LogP contribution in [0.2, 0.25) is 0 Å². The smallest absolute Gasteiger partial charge is 0.260 e. The van der Waals surface area contributed by atoms with Crippen LogP contribution < -0.4 is 11.1 Å². The predicted molar refractivity (Wildman–Crippen MR) is 88.2 cm³/mol. The highest BCUT2D eigenvalue weighted by Gasteiger charge is 2.19. The molecule has 0 radical (unpaired) electrons. The fourth-order valence-electron chi connectivity index (χ4n) is 2.74. The number of nitrogens with one attached hydrogen (secondary N) is 2. The molecule has 3 aromatic heterocycles. The zero-order valence-corrected chi connectivity index (χ0v) is 12.5. The van der Waals surface area contributed by atoms with Crippen LogP contribution in [0.15, 0.2) is 50.3 Å². The van der Waals surface area contributed by atoms with Gasteiger partial charge < -0.3 is 9.40 Å². The standard InChI is InChI=1S/C17H9N3O2S/c18-7-11-13(9-5-6-23-8-9)14-15(22-16(11)19)10-3-1-2-4-12(10)20-17(14)21/h1-6,8,19H,(H,20,21). The van der Waals surface area contributed by atoms with E-state index in [4.69, 9.17) is 9.83 Å². The number of fused-ring (bicyclic) bond motifs is 3. The van der Waals surface area contributed by atoms with Gasteiger partial charge in [-0.1, -0.05) is 12.1 Å². The Hall–Kier alpha value is -3.17. The fraction of sp³-hybridized carbons (Fsp3) is 0. The number of nitrogens with zero attached hydrogens (tertiary/aromatic N) is 1. The minimum atomic E-state index is -0.333. The first-order chi connectivity index (χ1) is 11.2. The van der Waals surface area contributed by atoms with Crippen molar-refractivity contribution in [3.8, 4) is 17.2 Å². The molecule has 4 aromatic rings. The molecule has 0 aliphatic heterocycles. The molecule has 3 heterocycles. The van der Waals surface area contributed by atoms with Gasteiger partial charge in [-0.2, -0.15) is 16.6 Å². The van der Waals surface area contributed by atoms with Crippen LogP contribution in [-0.2, 0) is 0 Å². The number of H-pyrrole nitrogens is 1. The minimum absolute atomic E-state index is 0.0664. The summed E-state index contributed by atoms with van der Waals surface area (Å²) in [6.07, 6.45) is 0. The molecule has 0 atom stereocenters. The van der Waals surface area contributed by atoms with Gasteiger partial charge in [0.05, 0.1) is 10.9 Å². The van der Waals surface area contributed by atoms with Gasteiger partial charge in [0.15, 0.2) is 5.58 Å². The van der Waals surface area contributed by atoms with Crippen molar-refractivity contribution < 1.29 is 4.42 Å². The van der Waals surface area contributed by atoms with Gasteiger partial charge in [-0.25, -0.2) is 0 Å². The Morgan fingerprint density at radius 3 is 2.83 bits per heavy atom. The monoisotopic (exact) mass is 319 g/mol. The molecule has 1 aromatic carbocycles. The average molecular weight is 319 g/mol. The van der Waals surface area contributed by atoms with Gasteiger partial charge in [-0.15, -0.1) is 0 Å². The Morgan fingerprint density at radius 2 is 2.09 bits per heavy atom. The van der Waals surface area contributed by atoms with Gasteiger partial charge in [-0.3, -0.25) is 10.2 Å². The zero-order chi connectivity index (χ0) is 16.0. The van der Waals surface area contributed by atoms with Gasteiger partial charge in [0, 0.05) is 10.9 Å². The molecule has 23 heavy (non-hydrogen) atoms. The molecule has 0 unspecified atom stereocenters. The van der Waals surface area contributed by atoms with E-state index in [0.29, 0.717) is 27.4 Å². The van der Waals surface area contributed by atoms with Crippen LogP contribution in [0.4, 0.5) is 0 Å². The highest BCUT2D eigenvalue weighted by molar-refractivity contribution is 7.08. The number of hydrogen-bond donors (Lipinski definition) is 2. The third kappa shape index (κ3) is 1.91. The number of hydrogen-bond acceptors (Lipinski definition) is 5. The van der Waals surface area contributed by atoms with E-state index in [1.807, 2.05) is 41.1 Å². The predicted octanol–water partition coefficient (Wildman–Crippen LogP) is 3.35. The summed E-state index contributed by atoms with van der Waals surface area (Å²) in [4.78, 5) is 15.4. The van der Waals surface area contributed by atoms with E-state index in [0.717, 1.165) is 5.56 Å². The normalized spacial score (nSPS) is 10.9. The number of thiophene rings is 1. The molecule has 0 aliphatic rings. The molecule has 0 aliphatic carbocycles. The zero-order valence-electron chi connectivity index (χ0n) is 11.7. The van der Waals surface area contributed by atoms with Crippen molar-refractivity contribution >= 4 is 33.2 Å². The summed E-state index contributed by atoms with van der Waals surface area (Å²) < 4.78 is 5.54. The molecule has 0 saturated heterocycles. The van der Waals surface area contributed by atoms with E-state index in [1.165, 1.54) is 11.3 Å². The number of benzene rings is 1. The van der Waals surface area contributed by atoms with E-state index >= 15 is 0 Å². The second-order valence-corrected chi connectivity index (χ2v) is 5.79. The lowest BCUT2D eigenvalue weighted by atomic mass is 9.99. The van der Waals surface area contributed by atoms with Crippen LogP contribution in [0.25, 0.3) is 33.0 Å². The van der Waals surface area contributed by atoms with Crippen LogP contribution in [-0.4, -0.2) is 4.98 Å². The van der Waals surface area contributed by atoms with Crippen molar-refractivity contribution in [3.05, 3.63) is 62.6 Å². The summed E-state index contributed by atoms with van der Waals surface area (Å²) in [5.41, 5.74) is 1.64. The molecule has 0 saturated carbocycles. The maximum atomic E-state index is 12.6. The first-order valence-electron chi connectivity index (χ1n) is 6.80. The van der Waals surface area contributed by atoms with E-state index in [9.17, 15) is 10.1 Å². The van der Waals surface area contributed by atoms with Crippen molar-refractivity contribution in [3.63, 3.8) is 0 Å². The van der Waals surface area contributed by atoms with Gasteiger partial charge in [0.25, 0.3) is 5.56 Å². The number of aromatic nitrogens is 1. The van der Waals surface area contributed by atoms with Crippen molar-refractivity contribution in [1.29, 1.82) is 10.7 Å². The van der Waals surface area contributed by atoms with Crippen molar-refractivity contribution in [2.75, 3.05) is 0 Å². The molecule has 0 amide bonds. The second kappa shape index (κ2) is 4.93. The molecule has 2 N–H and O–H groups in total. The van der Waals surface area contributed by atoms with Crippen molar-refractivity contribution in [2.24, 2.45) is 0 Å². The quantitative estimate of drug-likeness (QED) is 0.527. The third-order valence-corrected chi connectivity index (χ3v) is 4.41. The van der Waals surface area contributed by atoms with E-state index < -0.39 is 0 Å². The van der Waals surface area contributed by atoms with Crippen molar-refractivity contribution in [2.45, 2.75) is 0 Å². The summed E-state index contributed by atoms with van der Waals surface area (Å²) in [7, 11) is 0. The number of pyridine rings is 1. The Bertz CT molecular complexity index is 1210. The summed E-state index contributed by atoms with van der Waals surface area (Å²) in [5, 5.41) is 22.2. The fourth-order valence-corrected chi connectivity index (χ4v) is 3.39. The molecule has 0 bridgehead atoms. The molecule has 110 valence electrons. The first kappa shape index (κ1) is 13.5. The molecule has 0 spiro atoms. The summed E-state index contributed by atoms with van der Waals surface area (Å²) in [6.45, 7) is 0. The van der Waals surface area contributed by atoms with Crippen LogP contribution in [0.5, 0.6) is 0 Å². The van der Waals surface area contributed by atoms with Gasteiger partial charge in [-0.05, 0) is 34.5 Å². The van der Waals surface area contributed by atoms with Gasteiger partial charge >= 0.3 is 0 Å². The Balaban J connectivity index is 2.36. The SMILES string of the molecule is N#Cc1c(-c2ccsc2)c2c(=O)[nH]c3ccccc3c2oc1=N. The summed E-state index contributed by atoms with van der Waals surface area (Å²) >= 11 is 1.46. The topological polar surface area (TPSA) is 93.6 Å². The number of para-hydroxylation sites is 1. The molecular weight excluding hydrogens is 310 g/mol. The van der Waals surface area contributed by atoms with Crippen LogP contribution in [0.3, 0.4) is 0 Å². The molecule has 5 nitrogen and oxygen atoms in total. The number of rotatable bonds is 1. The highest BCUT2D eigenvalue weighted by atomic mass is 32.1. The Kier molecular flexibility index (Phi) is 2.89. The summed E-state index contributed by atoms with van der Waals surface area (Å²) in [5.74, 6) is 0. The lowest BCUT2D eigenvalue weighted by molar-refractivity contribution is 0.533. The van der Waals surface area contributed by atoms with E-state index in [1.54, 1.807) is 6.07 Å². The lowest BCUT2D eigenvalue weighted by Crippen LogP contribution is -2.14. The largest absolute Gasteiger partial charge is 0.437 e. The Labute approximate surface area is 133 Å². The maximum absolute atomic E-state index is 12.6.